The lowest BCUT2D eigenvalue weighted by atomic mass is 10.0. The summed E-state index contributed by atoms with van der Waals surface area (Å²) in [6.07, 6.45) is 7.19. The van der Waals surface area contributed by atoms with Gasteiger partial charge in [-0.2, -0.15) is 0 Å². The largest absolute Gasteiger partial charge is 0.496 e. The number of methoxy groups -OCH3 is 1. The zero-order valence-electron chi connectivity index (χ0n) is 22.7. The normalized spacial score (nSPS) is 13.8. The number of nitrogens with one attached hydrogen (secondary N) is 1. The molecule has 9 heteroatoms. The molecule has 0 atom stereocenters. The van der Waals surface area contributed by atoms with Crippen molar-refractivity contribution in [2.75, 3.05) is 19.5 Å². The molecule has 1 fully saturated rings. The van der Waals surface area contributed by atoms with Gasteiger partial charge in [0.1, 0.15) is 5.75 Å². The molecular formula is C31H33N3O5S. The van der Waals surface area contributed by atoms with Crippen molar-refractivity contribution in [3.8, 4) is 5.75 Å². The highest BCUT2D eigenvalue weighted by atomic mass is 32.2. The third-order valence-electron chi connectivity index (χ3n) is 7.57. The van der Waals surface area contributed by atoms with Crippen molar-refractivity contribution in [3.05, 3.63) is 90.1 Å². The number of nitrogens with zero attached hydrogens (tertiary/aromatic N) is 2. The van der Waals surface area contributed by atoms with Gasteiger partial charge in [0.05, 0.1) is 24.1 Å². The van der Waals surface area contributed by atoms with E-state index in [0.29, 0.717) is 24.6 Å². The van der Waals surface area contributed by atoms with Gasteiger partial charge in [-0.1, -0.05) is 43.2 Å². The molecule has 2 amide bonds. The number of carbonyl (C=O) groups is 2. The molecule has 1 aromatic heterocycles. The Morgan fingerprint density at radius 3 is 2.48 bits per heavy atom. The average molecular weight is 560 g/mol. The first-order chi connectivity index (χ1) is 19.3. The van der Waals surface area contributed by atoms with E-state index >= 15 is 0 Å². The molecule has 0 bridgehead atoms. The lowest BCUT2D eigenvalue weighted by molar-refractivity contribution is -0.117. The Morgan fingerprint density at radius 1 is 1.00 bits per heavy atom. The average Bonchev–Trinajstić information content (AvgIpc) is 3.62. The van der Waals surface area contributed by atoms with Crippen molar-refractivity contribution in [2.24, 2.45) is 5.92 Å². The standard InChI is InChI=1S/C31H33N3O5S/c1-33(40(37,38)27-10-4-3-5-11-27)31(36)24-12-13-25(29(19-24)39-2)21-34-17-16-23-14-15-26(20-28(23)34)32-30(35)18-22-8-6-7-9-22/h3-5,10-17,19-20,22H,6-9,18,21H2,1-2H3,(H,32,35). The fraction of sp³-hybridized carbons (Fsp3) is 0.290. The van der Waals surface area contributed by atoms with Gasteiger partial charge >= 0.3 is 0 Å². The molecule has 1 aliphatic rings. The van der Waals surface area contributed by atoms with E-state index in [4.69, 9.17) is 4.74 Å². The van der Waals surface area contributed by atoms with Crippen LogP contribution in [0.5, 0.6) is 5.75 Å². The van der Waals surface area contributed by atoms with Crippen molar-refractivity contribution >= 4 is 38.4 Å². The molecule has 3 aromatic carbocycles. The Hall–Kier alpha value is -4.11. The SMILES string of the molecule is COc1cc(C(=O)N(C)S(=O)(=O)c2ccccc2)ccc1Cn1ccc2ccc(NC(=O)CC3CCCC3)cc21. The second kappa shape index (κ2) is 11.6. The maximum absolute atomic E-state index is 13.1. The summed E-state index contributed by atoms with van der Waals surface area (Å²) >= 11 is 0. The van der Waals surface area contributed by atoms with Crippen LogP contribution in [0.1, 0.15) is 48.0 Å². The zero-order chi connectivity index (χ0) is 28.3. The number of benzene rings is 3. The van der Waals surface area contributed by atoms with Gasteiger partial charge < -0.3 is 14.6 Å². The van der Waals surface area contributed by atoms with Crippen LogP contribution >= 0.6 is 0 Å². The van der Waals surface area contributed by atoms with Crippen LogP contribution in [-0.2, 0) is 21.4 Å². The molecule has 0 aliphatic heterocycles. The topological polar surface area (TPSA) is 97.7 Å². The number of hydrogen-bond donors (Lipinski definition) is 1. The molecule has 0 radical (unpaired) electrons. The third-order valence-corrected chi connectivity index (χ3v) is 9.32. The number of aromatic nitrogens is 1. The van der Waals surface area contributed by atoms with E-state index in [-0.39, 0.29) is 16.4 Å². The van der Waals surface area contributed by atoms with Crippen molar-refractivity contribution in [1.82, 2.24) is 8.87 Å². The Balaban J connectivity index is 1.34. The summed E-state index contributed by atoms with van der Waals surface area (Å²) in [5.74, 6) is 0.344. The molecular weight excluding hydrogens is 526 g/mol. The number of ether oxygens (including phenoxy) is 1. The van der Waals surface area contributed by atoms with Gasteiger partial charge in [-0.3, -0.25) is 9.59 Å². The molecule has 1 N–H and O–H groups in total. The van der Waals surface area contributed by atoms with E-state index in [9.17, 15) is 18.0 Å². The first kappa shape index (κ1) is 27.5. The van der Waals surface area contributed by atoms with Gasteiger partial charge in [-0.05, 0) is 66.6 Å². The van der Waals surface area contributed by atoms with Gasteiger partial charge in [-0.15, -0.1) is 0 Å². The van der Waals surface area contributed by atoms with E-state index in [1.165, 1.54) is 39.1 Å². The van der Waals surface area contributed by atoms with Crippen molar-refractivity contribution in [3.63, 3.8) is 0 Å². The number of sulfonamides is 1. The first-order valence-electron chi connectivity index (χ1n) is 13.4. The van der Waals surface area contributed by atoms with E-state index in [1.54, 1.807) is 36.4 Å². The second-order valence-corrected chi connectivity index (χ2v) is 12.2. The molecule has 0 saturated heterocycles. The smallest absolute Gasteiger partial charge is 0.267 e. The van der Waals surface area contributed by atoms with Gasteiger partial charge in [0.15, 0.2) is 0 Å². The van der Waals surface area contributed by atoms with Crippen molar-refractivity contribution in [1.29, 1.82) is 0 Å². The van der Waals surface area contributed by atoms with E-state index in [0.717, 1.165) is 39.3 Å². The summed E-state index contributed by atoms with van der Waals surface area (Å²) in [4.78, 5) is 25.7. The van der Waals surface area contributed by atoms with E-state index in [1.807, 2.05) is 35.0 Å². The lowest BCUT2D eigenvalue weighted by Crippen LogP contribution is -2.33. The number of rotatable bonds is 9. The lowest BCUT2D eigenvalue weighted by Gasteiger charge is -2.19. The van der Waals surface area contributed by atoms with Crippen molar-refractivity contribution < 1.29 is 22.7 Å². The quantitative estimate of drug-likeness (QED) is 0.285. The van der Waals surface area contributed by atoms with Crippen LogP contribution in [0.3, 0.4) is 0 Å². The van der Waals surface area contributed by atoms with Gasteiger partial charge in [0.2, 0.25) is 5.91 Å². The molecule has 1 aliphatic carbocycles. The fourth-order valence-corrected chi connectivity index (χ4v) is 6.46. The zero-order valence-corrected chi connectivity index (χ0v) is 23.5. The Kier molecular flexibility index (Phi) is 7.93. The number of anilines is 1. The minimum absolute atomic E-state index is 0.0445. The maximum atomic E-state index is 13.1. The molecule has 0 spiro atoms. The van der Waals surface area contributed by atoms with Crippen LogP contribution in [0, 0.1) is 5.92 Å². The highest BCUT2D eigenvalue weighted by molar-refractivity contribution is 7.89. The Morgan fingerprint density at radius 2 is 1.75 bits per heavy atom. The summed E-state index contributed by atoms with van der Waals surface area (Å²) in [5, 5.41) is 4.09. The van der Waals surface area contributed by atoms with Crippen molar-refractivity contribution in [2.45, 2.75) is 43.5 Å². The minimum Gasteiger partial charge on any atom is -0.496 e. The molecule has 208 valence electrons. The maximum Gasteiger partial charge on any atom is 0.267 e. The number of carbonyl (C=O) groups excluding carboxylic acids is 2. The molecule has 40 heavy (non-hydrogen) atoms. The highest BCUT2D eigenvalue weighted by Gasteiger charge is 2.27. The molecule has 8 nitrogen and oxygen atoms in total. The van der Waals surface area contributed by atoms with Gasteiger partial charge in [0, 0.05) is 36.5 Å². The summed E-state index contributed by atoms with van der Waals surface area (Å²) in [6, 6.07) is 20.7. The van der Waals surface area contributed by atoms with Gasteiger partial charge in [0.25, 0.3) is 15.9 Å². The van der Waals surface area contributed by atoms with Crippen LogP contribution in [0.4, 0.5) is 5.69 Å². The summed E-state index contributed by atoms with van der Waals surface area (Å²) in [5.41, 5.74) is 2.73. The third kappa shape index (κ3) is 5.74. The highest BCUT2D eigenvalue weighted by Crippen LogP contribution is 2.29. The minimum atomic E-state index is -3.99. The number of fused-ring (bicyclic) bond motifs is 1. The first-order valence-corrected chi connectivity index (χ1v) is 14.8. The second-order valence-electron chi connectivity index (χ2n) is 10.2. The number of amides is 2. The monoisotopic (exact) mass is 559 g/mol. The number of hydrogen-bond acceptors (Lipinski definition) is 5. The van der Waals surface area contributed by atoms with Crippen LogP contribution < -0.4 is 10.1 Å². The predicted molar refractivity (Wildman–Crippen MR) is 155 cm³/mol. The summed E-state index contributed by atoms with van der Waals surface area (Å²) in [6.45, 7) is 0.457. The molecule has 0 unspecified atom stereocenters. The van der Waals surface area contributed by atoms with Crippen LogP contribution in [0.25, 0.3) is 10.9 Å². The Labute approximate surface area is 234 Å². The summed E-state index contributed by atoms with van der Waals surface area (Å²) < 4.78 is 34.3. The van der Waals surface area contributed by atoms with Crippen LogP contribution in [-0.4, -0.2) is 43.3 Å². The molecule has 1 heterocycles. The van der Waals surface area contributed by atoms with E-state index in [2.05, 4.69) is 5.32 Å². The van der Waals surface area contributed by atoms with Crippen LogP contribution in [0.15, 0.2) is 83.9 Å². The molecule has 1 saturated carbocycles. The molecule has 4 aromatic rings. The summed E-state index contributed by atoms with van der Waals surface area (Å²) in [7, 11) is -1.22. The molecule has 5 rings (SSSR count). The van der Waals surface area contributed by atoms with Gasteiger partial charge in [-0.25, -0.2) is 12.7 Å². The van der Waals surface area contributed by atoms with Crippen LogP contribution in [0.2, 0.25) is 0 Å². The van der Waals surface area contributed by atoms with E-state index < -0.39 is 15.9 Å². The Bertz CT molecular complexity index is 1640. The predicted octanol–water partition coefficient (Wildman–Crippen LogP) is 5.68. The fourth-order valence-electron chi connectivity index (χ4n) is 5.32.